The molecule has 0 bridgehead atoms. The van der Waals surface area contributed by atoms with E-state index < -0.39 is 9.52 Å². The topological polar surface area (TPSA) is 0 Å². The van der Waals surface area contributed by atoms with Gasteiger partial charge >= 0.3 is 171 Å². The quantitative estimate of drug-likeness (QED) is 0.453. The van der Waals surface area contributed by atoms with Crippen molar-refractivity contribution >= 4 is 14.7 Å². The number of allylic oxidation sites excluding steroid dienone is 8. The Balaban J connectivity index is 0.00000182. The Labute approximate surface area is 195 Å². The Morgan fingerprint density at radius 1 is 0.963 bits per heavy atom. The van der Waals surface area contributed by atoms with E-state index in [1.807, 2.05) is 0 Å². The molecule has 1 atom stereocenters. The number of benzene rings is 1. The van der Waals surface area contributed by atoms with Crippen molar-refractivity contribution in [1.29, 1.82) is 0 Å². The van der Waals surface area contributed by atoms with Crippen molar-refractivity contribution in [3.05, 3.63) is 73.6 Å². The SMILES string of the molecule is CCC1=[C]([Zr+2])C([SiH2]c2ccc(C)cc2)(C2=CC=CC2)C(CC)=C1CC.[Cl-].[Cl-]. The van der Waals surface area contributed by atoms with Gasteiger partial charge in [-0.05, 0) is 0 Å². The zero-order valence-corrected chi connectivity index (χ0v) is 22.2. The molecule has 3 rings (SSSR count). The summed E-state index contributed by atoms with van der Waals surface area (Å²) < 4.78 is 1.76. The van der Waals surface area contributed by atoms with Crippen LogP contribution in [0.2, 0.25) is 5.04 Å². The fourth-order valence-electron chi connectivity index (χ4n) is 4.77. The van der Waals surface area contributed by atoms with Gasteiger partial charge < -0.3 is 24.8 Å². The first-order chi connectivity index (χ1) is 12.1. The first-order valence-electron chi connectivity index (χ1n) is 9.68. The maximum absolute atomic E-state index is 2.44. The maximum atomic E-state index is 2.44. The monoisotopic (exact) mass is 493 g/mol. The zero-order valence-electron chi connectivity index (χ0n) is 16.8. The molecular weight excluding hydrogens is 466 g/mol. The molecular formula is C23H29Cl2SiZr. The van der Waals surface area contributed by atoms with Crippen molar-refractivity contribution in [3.63, 3.8) is 0 Å². The Hall–Kier alpha value is -0.140. The van der Waals surface area contributed by atoms with Gasteiger partial charge in [0.25, 0.3) is 0 Å². The van der Waals surface area contributed by atoms with Gasteiger partial charge in [0.2, 0.25) is 0 Å². The van der Waals surface area contributed by atoms with E-state index in [0.717, 1.165) is 6.42 Å². The van der Waals surface area contributed by atoms with Gasteiger partial charge in [-0.1, -0.05) is 0 Å². The average Bonchev–Trinajstić information content (AvgIpc) is 3.23. The Kier molecular flexibility index (Phi) is 9.76. The van der Waals surface area contributed by atoms with Crippen molar-refractivity contribution in [2.24, 2.45) is 0 Å². The van der Waals surface area contributed by atoms with Gasteiger partial charge in [-0.3, -0.25) is 0 Å². The molecule has 0 amide bonds. The van der Waals surface area contributed by atoms with E-state index in [2.05, 4.69) is 70.2 Å². The molecule has 1 aromatic rings. The largest absolute Gasteiger partial charge is 1.00 e. The summed E-state index contributed by atoms with van der Waals surface area (Å²) in [7, 11) is -0.477. The Morgan fingerprint density at radius 2 is 1.59 bits per heavy atom. The second-order valence-electron chi connectivity index (χ2n) is 7.26. The Bertz CT molecular complexity index is 787. The van der Waals surface area contributed by atoms with Crippen molar-refractivity contribution in [1.82, 2.24) is 0 Å². The van der Waals surface area contributed by atoms with Crippen LogP contribution in [0.5, 0.6) is 0 Å². The molecule has 0 spiro atoms. The molecule has 2 aliphatic rings. The summed E-state index contributed by atoms with van der Waals surface area (Å²) >= 11 is 1.63. The summed E-state index contributed by atoms with van der Waals surface area (Å²) in [5.41, 5.74) is 8.21. The zero-order chi connectivity index (χ0) is 18.0. The first kappa shape index (κ1) is 24.9. The minimum Gasteiger partial charge on any atom is -1.00 e. The Morgan fingerprint density at radius 3 is 2.07 bits per heavy atom. The molecule has 0 aliphatic heterocycles. The van der Waals surface area contributed by atoms with E-state index in [0.29, 0.717) is 0 Å². The molecule has 0 heterocycles. The fourth-order valence-corrected chi connectivity index (χ4v) is 9.63. The van der Waals surface area contributed by atoms with E-state index in [-0.39, 0.29) is 29.9 Å². The van der Waals surface area contributed by atoms with Crippen LogP contribution < -0.4 is 30.0 Å². The molecule has 2 aliphatic carbocycles. The van der Waals surface area contributed by atoms with Gasteiger partial charge in [-0.25, -0.2) is 0 Å². The molecule has 0 saturated heterocycles. The van der Waals surface area contributed by atoms with E-state index >= 15 is 0 Å². The molecule has 0 nitrogen and oxygen atoms in total. The van der Waals surface area contributed by atoms with Crippen LogP contribution in [0.1, 0.15) is 52.0 Å². The summed E-state index contributed by atoms with van der Waals surface area (Å²) in [6.07, 6.45) is 11.8. The fraction of sp³-hybridized carbons (Fsp3) is 0.391. The smallest absolute Gasteiger partial charge is 1.00 e. The standard InChI is InChI=1S/C23H29Si.2ClH.Zr/c1-5-18-16-23(19-10-8-9-11-19,22(7-3)21(18)6-2)24-20-14-12-17(4)13-15-20;;;/h8-10,12-15H,5-7,11,24H2,1-4H3;2*1H;/q;;;+2/p-2. The predicted molar refractivity (Wildman–Crippen MR) is 109 cm³/mol. The first-order valence-corrected chi connectivity index (χ1v) is 12.3. The predicted octanol–water partition coefficient (Wildman–Crippen LogP) is -0.817. The van der Waals surface area contributed by atoms with Gasteiger partial charge in [-0.2, -0.15) is 0 Å². The third-order valence-corrected chi connectivity index (χ3v) is 11.2. The van der Waals surface area contributed by atoms with Crippen molar-refractivity contribution < 1.29 is 49.5 Å². The second-order valence-corrected chi connectivity index (χ2v) is 10.7. The third kappa shape index (κ3) is 4.40. The van der Waals surface area contributed by atoms with Crippen LogP contribution in [0.4, 0.5) is 0 Å². The summed E-state index contributed by atoms with van der Waals surface area (Å²) in [6.45, 7) is 9.29. The number of aryl methyl sites for hydroxylation is 1. The van der Waals surface area contributed by atoms with Crippen LogP contribution >= 0.6 is 0 Å². The van der Waals surface area contributed by atoms with Crippen LogP contribution in [0.15, 0.2) is 68.1 Å². The van der Waals surface area contributed by atoms with Gasteiger partial charge in [-0.15, -0.1) is 0 Å². The van der Waals surface area contributed by atoms with Gasteiger partial charge in [0.1, 0.15) is 0 Å². The summed E-state index contributed by atoms with van der Waals surface area (Å²) in [4.78, 5) is 0. The van der Waals surface area contributed by atoms with Crippen LogP contribution in [0.25, 0.3) is 0 Å². The number of halogens is 2. The molecule has 0 radical (unpaired) electrons. The second kappa shape index (κ2) is 10.6. The molecule has 0 N–H and O–H groups in total. The number of rotatable bonds is 6. The molecule has 143 valence electrons. The minimum absolute atomic E-state index is 0. The van der Waals surface area contributed by atoms with E-state index in [1.165, 1.54) is 24.8 Å². The van der Waals surface area contributed by atoms with Crippen LogP contribution in [0.3, 0.4) is 0 Å². The molecule has 1 aromatic carbocycles. The molecule has 0 saturated carbocycles. The molecule has 0 fully saturated rings. The molecule has 27 heavy (non-hydrogen) atoms. The van der Waals surface area contributed by atoms with E-state index in [1.54, 1.807) is 55.5 Å². The molecule has 4 heteroatoms. The maximum Gasteiger partial charge on any atom is -1.00 e. The normalized spacial score (nSPS) is 21.8. The van der Waals surface area contributed by atoms with E-state index in [4.69, 9.17) is 0 Å². The average molecular weight is 496 g/mol. The third-order valence-electron chi connectivity index (χ3n) is 5.94. The summed E-state index contributed by atoms with van der Waals surface area (Å²) in [5.74, 6) is 0. The van der Waals surface area contributed by atoms with Crippen LogP contribution in [-0.4, -0.2) is 9.52 Å². The summed E-state index contributed by atoms with van der Waals surface area (Å²) in [6, 6.07) is 9.40. The van der Waals surface area contributed by atoms with Gasteiger partial charge in [0.05, 0.1) is 0 Å². The number of hydrogen-bond donors (Lipinski definition) is 0. The van der Waals surface area contributed by atoms with Crippen molar-refractivity contribution in [2.45, 2.75) is 58.4 Å². The van der Waals surface area contributed by atoms with Crippen LogP contribution in [0, 0.1) is 6.92 Å². The minimum atomic E-state index is -0.477. The van der Waals surface area contributed by atoms with Gasteiger partial charge in [0.15, 0.2) is 0 Å². The van der Waals surface area contributed by atoms with Crippen molar-refractivity contribution in [3.8, 4) is 0 Å². The van der Waals surface area contributed by atoms with Gasteiger partial charge in [0, 0.05) is 0 Å². The molecule has 0 aromatic heterocycles. The number of hydrogen-bond acceptors (Lipinski definition) is 0. The summed E-state index contributed by atoms with van der Waals surface area (Å²) in [5, 5.41) is 1.89. The van der Waals surface area contributed by atoms with Crippen molar-refractivity contribution in [2.75, 3.05) is 0 Å². The van der Waals surface area contributed by atoms with E-state index in [9.17, 15) is 0 Å². The van der Waals surface area contributed by atoms with Crippen LogP contribution in [-0.2, 0) is 24.7 Å². The molecule has 1 unspecified atom stereocenters.